The second-order valence-electron chi connectivity index (χ2n) is 3.17. The summed E-state index contributed by atoms with van der Waals surface area (Å²) >= 11 is 0. The number of nitrogens with one attached hydrogen (secondary N) is 1. The SMILES string of the molecule is COC(=O)C(=O)N=S1(=O)CCCNCC1. The Morgan fingerprint density at radius 3 is 2.73 bits per heavy atom. The fourth-order valence-corrected chi connectivity index (χ4v) is 3.07. The van der Waals surface area contributed by atoms with Crippen LogP contribution in [0.25, 0.3) is 0 Å². The van der Waals surface area contributed by atoms with Gasteiger partial charge in [0.1, 0.15) is 0 Å². The lowest BCUT2D eigenvalue weighted by molar-refractivity contribution is -0.150. The standard InChI is InChI=1S/C8H14N2O4S/c1-14-8(12)7(11)10-15(13)5-2-3-9-4-6-15/h9H,2-6H2,1H3. The van der Waals surface area contributed by atoms with Crippen LogP contribution in [-0.2, 0) is 24.1 Å². The van der Waals surface area contributed by atoms with Crippen molar-refractivity contribution in [1.29, 1.82) is 0 Å². The lowest BCUT2D eigenvalue weighted by atomic mass is 10.5. The van der Waals surface area contributed by atoms with Gasteiger partial charge < -0.3 is 10.1 Å². The number of rotatable bonds is 0. The minimum atomic E-state index is -2.57. The fourth-order valence-electron chi connectivity index (χ4n) is 1.25. The highest BCUT2D eigenvalue weighted by Crippen LogP contribution is 2.03. The quantitative estimate of drug-likeness (QED) is 0.436. The molecular formula is C8H14N2O4S. The summed E-state index contributed by atoms with van der Waals surface area (Å²) < 4.78 is 19.7. The molecule has 1 aliphatic rings. The summed E-state index contributed by atoms with van der Waals surface area (Å²) in [5.74, 6) is -1.46. The van der Waals surface area contributed by atoms with Crippen molar-refractivity contribution in [1.82, 2.24) is 5.32 Å². The van der Waals surface area contributed by atoms with Crippen LogP contribution in [0.15, 0.2) is 4.36 Å². The van der Waals surface area contributed by atoms with E-state index in [1.165, 1.54) is 0 Å². The predicted octanol–water partition coefficient (Wildman–Crippen LogP) is -0.853. The number of methoxy groups -OCH3 is 1. The van der Waals surface area contributed by atoms with Gasteiger partial charge >= 0.3 is 11.9 Å². The second kappa shape index (κ2) is 5.22. The van der Waals surface area contributed by atoms with Gasteiger partial charge in [0.05, 0.1) is 16.8 Å². The van der Waals surface area contributed by atoms with E-state index in [2.05, 4.69) is 14.4 Å². The van der Waals surface area contributed by atoms with Gasteiger partial charge in [-0.1, -0.05) is 0 Å². The smallest absolute Gasteiger partial charge is 0.399 e. The molecule has 0 aliphatic carbocycles. The zero-order valence-corrected chi connectivity index (χ0v) is 9.34. The zero-order valence-electron chi connectivity index (χ0n) is 8.52. The van der Waals surface area contributed by atoms with Crippen LogP contribution in [-0.4, -0.2) is 47.8 Å². The Balaban J connectivity index is 2.83. The molecule has 15 heavy (non-hydrogen) atoms. The summed E-state index contributed by atoms with van der Waals surface area (Å²) in [5, 5.41) is 3.05. The van der Waals surface area contributed by atoms with Crippen LogP contribution >= 0.6 is 0 Å². The van der Waals surface area contributed by atoms with Crippen LogP contribution < -0.4 is 5.32 Å². The number of hydrogen-bond donors (Lipinski definition) is 1. The summed E-state index contributed by atoms with van der Waals surface area (Å²) in [7, 11) is -1.47. The maximum absolute atomic E-state index is 12.0. The number of amides is 1. The van der Waals surface area contributed by atoms with Crippen molar-refractivity contribution in [3.05, 3.63) is 0 Å². The van der Waals surface area contributed by atoms with E-state index in [0.717, 1.165) is 13.7 Å². The molecule has 0 bridgehead atoms. The van der Waals surface area contributed by atoms with E-state index in [1.807, 2.05) is 0 Å². The first-order valence-corrected chi connectivity index (χ1v) is 6.48. The summed E-state index contributed by atoms with van der Waals surface area (Å²) in [6.07, 6.45) is 0.691. The highest BCUT2D eigenvalue weighted by Gasteiger charge is 2.19. The Bertz CT molecular complexity index is 357. The molecule has 1 aliphatic heterocycles. The number of carbonyl (C=O) groups is 2. The first kappa shape index (κ1) is 12.1. The largest absolute Gasteiger partial charge is 0.462 e. The first-order valence-electron chi connectivity index (χ1n) is 4.63. The van der Waals surface area contributed by atoms with Crippen molar-refractivity contribution in [2.75, 3.05) is 31.7 Å². The van der Waals surface area contributed by atoms with E-state index in [4.69, 9.17) is 0 Å². The van der Waals surface area contributed by atoms with Crippen LogP contribution in [0.3, 0.4) is 0 Å². The minimum Gasteiger partial charge on any atom is -0.462 e. The fraction of sp³-hybridized carbons (Fsp3) is 0.750. The maximum Gasteiger partial charge on any atom is 0.399 e. The molecule has 1 unspecified atom stereocenters. The Kier molecular flexibility index (Phi) is 4.22. The highest BCUT2D eigenvalue weighted by atomic mass is 32.2. The zero-order chi connectivity index (χ0) is 11.3. The molecule has 1 saturated heterocycles. The van der Waals surface area contributed by atoms with E-state index in [0.29, 0.717) is 24.5 Å². The van der Waals surface area contributed by atoms with Gasteiger partial charge in [0.25, 0.3) is 0 Å². The molecule has 1 heterocycles. The lowest BCUT2D eigenvalue weighted by Crippen LogP contribution is -2.21. The Morgan fingerprint density at radius 1 is 1.33 bits per heavy atom. The molecule has 1 N–H and O–H groups in total. The summed E-state index contributed by atoms with van der Waals surface area (Å²) in [6, 6.07) is 0. The highest BCUT2D eigenvalue weighted by molar-refractivity contribution is 7.93. The number of esters is 1. The number of carbonyl (C=O) groups excluding carboxylic acids is 2. The molecule has 1 fully saturated rings. The van der Waals surface area contributed by atoms with E-state index >= 15 is 0 Å². The Hall–Kier alpha value is -0.950. The van der Waals surface area contributed by atoms with Gasteiger partial charge in [0.15, 0.2) is 0 Å². The summed E-state index contributed by atoms with van der Waals surface area (Å²) in [4.78, 5) is 21.9. The van der Waals surface area contributed by atoms with Crippen LogP contribution in [0.2, 0.25) is 0 Å². The van der Waals surface area contributed by atoms with E-state index in [-0.39, 0.29) is 0 Å². The Labute approximate surface area is 88.6 Å². The van der Waals surface area contributed by atoms with Crippen LogP contribution in [0.4, 0.5) is 0 Å². The van der Waals surface area contributed by atoms with Gasteiger partial charge in [-0.15, -0.1) is 0 Å². The minimum absolute atomic E-state index is 0.301. The van der Waals surface area contributed by atoms with Crippen molar-refractivity contribution in [3.63, 3.8) is 0 Å². The molecule has 6 nitrogen and oxygen atoms in total. The van der Waals surface area contributed by atoms with Gasteiger partial charge in [0, 0.05) is 18.1 Å². The third kappa shape index (κ3) is 3.60. The molecule has 86 valence electrons. The average molecular weight is 234 g/mol. The van der Waals surface area contributed by atoms with Crippen LogP contribution in [0, 0.1) is 0 Å². The molecular weight excluding hydrogens is 220 g/mol. The van der Waals surface area contributed by atoms with Gasteiger partial charge in [0.2, 0.25) is 0 Å². The molecule has 0 aromatic heterocycles. The molecule has 0 saturated carbocycles. The molecule has 1 rings (SSSR count). The van der Waals surface area contributed by atoms with Crippen LogP contribution in [0.1, 0.15) is 6.42 Å². The molecule has 0 aromatic rings. The molecule has 0 radical (unpaired) electrons. The van der Waals surface area contributed by atoms with Crippen molar-refractivity contribution in [3.8, 4) is 0 Å². The number of ether oxygens (including phenoxy) is 1. The number of hydrogen-bond acceptors (Lipinski definition) is 5. The van der Waals surface area contributed by atoms with Gasteiger partial charge in [-0.25, -0.2) is 9.00 Å². The van der Waals surface area contributed by atoms with Crippen molar-refractivity contribution in [2.45, 2.75) is 6.42 Å². The van der Waals surface area contributed by atoms with Crippen LogP contribution in [0.5, 0.6) is 0 Å². The predicted molar refractivity (Wildman–Crippen MR) is 54.8 cm³/mol. The third-order valence-electron chi connectivity index (χ3n) is 2.02. The van der Waals surface area contributed by atoms with Gasteiger partial charge in [-0.2, -0.15) is 4.36 Å². The third-order valence-corrected chi connectivity index (χ3v) is 4.29. The number of nitrogens with zero attached hydrogens (tertiary/aromatic N) is 1. The molecule has 0 aromatic carbocycles. The van der Waals surface area contributed by atoms with Crippen molar-refractivity contribution in [2.24, 2.45) is 4.36 Å². The normalized spacial score (nSPS) is 26.5. The monoisotopic (exact) mass is 234 g/mol. The van der Waals surface area contributed by atoms with E-state index in [1.54, 1.807) is 0 Å². The molecule has 1 atom stereocenters. The average Bonchev–Trinajstić information content (AvgIpc) is 2.41. The Morgan fingerprint density at radius 2 is 2.07 bits per heavy atom. The molecule has 7 heteroatoms. The summed E-state index contributed by atoms with van der Waals surface area (Å²) in [6.45, 7) is 1.32. The first-order chi connectivity index (χ1) is 7.07. The lowest BCUT2D eigenvalue weighted by Gasteiger charge is -2.03. The molecule has 1 amide bonds. The second-order valence-corrected chi connectivity index (χ2v) is 5.72. The van der Waals surface area contributed by atoms with Gasteiger partial charge in [-0.3, -0.25) is 4.79 Å². The summed E-state index contributed by atoms with van der Waals surface area (Å²) in [5.41, 5.74) is 0. The van der Waals surface area contributed by atoms with E-state index in [9.17, 15) is 13.8 Å². The molecule has 0 spiro atoms. The van der Waals surface area contributed by atoms with Crippen molar-refractivity contribution < 1.29 is 18.5 Å². The topological polar surface area (TPSA) is 84.8 Å². The van der Waals surface area contributed by atoms with Crippen molar-refractivity contribution >= 4 is 21.6 Å². The van der Waals surface area contributed by atoms with E-state index < -0.39 is 21.6 Å². The van der Waals surface area contributed by atoms with Gasteiger partial charge in [-0.05, 0) is 13.0 Å². The maximum atomic E-state index is 12.0.